The molecule has 1 unspecified atom stereocenters. The van der Waals surface area contributed by atoms with E-state index in [0.29, 0.717) is 37.5 Å². The molecule has 0 spiro atoms. The van der Waals surface area contributed by atoms with Gasteiger partial charge in [0.2, 0.25) is 11.8 Å². The maximum absolute atomic E-state index is 12.4. The highest BCUT2D eigenvalue weighted by molar-refractivity contribution is 7.09. The molecule has 1 atom stereocenters. The van der Waals surface area contributed by atoms with Crippen molar-refractivity contribution in [3.05, 3.63) is 50.9 Å². The lowest BCUT2D eigenvalue weighted by molar-refractivity contribution is -0.138. The number of likely N-dealkylation sites (tertiary alicyclic amines) is 1. The number of benzene rings is 1. The molecule has 1 aliphatic heterocycles. The van der Waals surface area contributed by atoms with Crippen LogP contribution >= 0.6 is 22.9 Å². The third kappa shape index (κ3) is 4.80. The molecular formula is C18H20ClN3O2S. The van der Waals surface area contributed by atoms with Gasteiger partial charge in [-0.1, -0.05) is 23.7 Å². The summed E-state index contributed by atoms with van der Waals surface area (Å²) in [5, 5.41) is 6.48. The van der Waals surface area contributed by atoms with E-state index in [9.17, 15) is 9.59 Å². The number of amides is 2. The number of thiazole rings is 1. The fourth-order valence-electron chi connectivity index (χ4n) is 2.88. The fraction of sp³-hybridized carbons (Fsp3) is 0.389. The number of hydrogen-bond donors (Lipinski definition) is 1. The highest BCUT2D eigenvalue weighted by Crippen LogP contribution is 2.21. The molecule has 1 N–H and O–H groups in total. The summed E-state index contributed by atoms with van der Waals surface area (Å²) in [5.74, 6) is -0.0953. The highest BCUT2D eigenvalue weighted by atomic mass is 35.5. The summed E-state index contributed by atoms with van der Waals surface area (Å²) in [6, 6.07) is 7.44. The van der Waals surface area contributed by atoms with Crippen molar-refractivity contribution in [1.29, 1.82) is 0 Å². The van der Waals surface area contributed by atoms with Gasteiger partial charge in [-0.25, -0.2) is 4.98 Å². The van der Waals surface area contributed by atoms with Crippen LogP contribution in [-0.4, -0.2) is 28.2 Å². The highest BCUT2D eigenvalue weighted by Gasteiger charge is 2.30. The molecule has 2 aromatic rings. The van der Waals surface area contributed by atoms with Crippen molar-refractivity contribution >= 4 is 34.8 Å². The van der Waals surface area contributed by atoms with Crippen LogP contribution in [0.25, 0.3) is 0 Å². The average Bonchev–Trinajstić information content (AvgIpc) is 3.02. The van der Waals surface area contributed by atoms with E-state index in [2.05, 4.69) is 10.3 Å². The summed E-state index contributed by atoms with van der Waals surface area (Å²) < 4.78 is 0. The molecule has 0 radical (unpaired) electrons. The minimum Gasteiger partial charge on any atom is -0.349 e. The number of carbonyl (C=O) groups is 2. The fourth-order valence-corrected chi connectivity index (χ4v) is 3.72. The van der Waals surface area contributed by atoms with Gasteiger partial charge >= 0.3 is 0 Å². The molecule has 2 amide bonds. The summed E-state index contributed by atoms with van der Waals surface area (Å²) in [5.41, 5.74) is 1.98. The van der Waals surface area contributed by atoms with Gasteiger partial charge in [0.1, 0.15) is 5.01 Å². The molecule has 25 heavy (non-hydrogen) atoms. The Morgan fingerprint density at radius 2 is 2.16 bits per heavy atom. The monoisotopic (exact) mass is 377 g/mol. The standard InChI is InChI=1S/C18H20ClN3O2S/c1-12-11-25-16(21-12)8-20-18(24)14-4-7-17(23)22(10-14)9-13-2-5-15(19)6-3-13/h2-3,5-6,11,14H,4,7-10H2,1H3,(H,20,24). The van der Waals surface area contributed by atoms with Crippen LogP contribution in [0.5, 0.6) is 0 Å². The molecule has 1 aromatic heterocycles. The number of piperidine rings is 1. The number of rotatable bonds is 5. The summed E-state index contributed by atoms with van der Waals surface area (Å²) in [6.45, 7) is 3.33. The molecular weight excluding hydrogens is 358 g/mol. The number of nitrogens with zero attached hydrogens (tertiary/aromatic N) is 2. The van der Waals surface area contributed by atoms with Gasteiger partial charge in [0.15, 0.2) is 0 Å². The average molecular weight is 378 g/mol. The minimum absolute atomic E-state index is 0.0125. The van der Waals surface area contributed by atoms with E-state index in [1.54, 1.807) is 16.2 Å². The second-order valence-corrected chi connectivity index (χ2v) is 7.62. The second kappa shape index (κ2) is 7.97. The predicted octanol–water partition coefficient (Wildman–Crippen LogP) is 3.16. The van der Waals surface area contributed by atoms with Crippen LogP contribution in [0.3, 0.4) is 0 Å². The van der Waals surface area contributed by atoms with Gasteiger partial charge in [-0.3, -0.25) is 9.59 Å². The molecule has 1 aliphatic rings. The van der Waals surface area contributed by atoms with E-state index in [1.807, 2.05) is 36.6 Å². The lowest BCUT2D eigenvalue weighted by Crippen LogP contribution is -2.45. The largest absolute Gasteiger partial charge is 0.349 e. The Balaban J connectivity index is 1.56. The maximum Gasteiger partial charge on any atom is 0.225 e. The Kier molecular flexibility index (Phi) is 5.71. The molecule has 7 heteroatoms. The van der Waals surface area contributed by atoms with E-state index < -0.39 is 0 Å². The van der Waals surface area contributed by atoms with Crippen LogP contribution in [0.4, 0.5) is 0 Å². The summed E-state index contributed by atoms with van der Waals surface area (Å²) in [6.07, 6.45) is 1.00. The van der Waals surface area contributed by atoms with Gasteiger partial charge < -0.3 is 10.2 Å². The lowest BCUT2D eigenvalue weighted by Gasteiger charge is -2.32. The van der Waals surface area contributed by atoms with Crippen LogP contribution < -0.4 is 5.32 Å². The van der Waals surface area contributed by atoms with Gasteiger partial charge in [0.05, 0.1) is 12.5 Å². The number of aryl methyl sites for hydroxylation is 1. The molecule has 5 nitrogen and oxygen atoms in total. The number of hydrogen-bond acceptors (Lipinski definition) is 4. The molecule has 0 aliphatic carbocycles. The predicted molar refractivity (Wildman–Crippen MR) is 98.3 cm³/mol. The number of nitrogens with one attached hydrogen (secondary N) is 1. The van der Waals surface area contributed by atoms with Gasteiger partial charge in [-0.05, 0) is 31.0 Å². The Bertz CT molecular complexity index is 760. The number of halogens is 1. The van der Waals surface area contributed by atoms with Gasteiger partial charge in [0, 0.05) is 35.6 Å². The zero-order valence-electron chi connectivity index (χ0n) is 14.0. The van der Waals surface area contributed by atoms with Crippen molar-refractivity contribution in [1.82, 2.24) is 15.2 Å². The lowest BCUT2D eigenvalue weighted by atomic mass is 9.96. The van der Waals surface area contributed by atoms with Gasteiger partial charge in [-0.15, -0.1) is 11.3 Å². The van der Waals surface area contributed by atoms with E-state index in [-0.39, 0.29) is 17.7 Å². The Hall–Kier alpha value is -1.92. The third-order valence-corrected chi connectivity index (χ3v) is 5.46. The number of carbonyl (C=O) groups excluding carboxylic acids is 2. The van der Waals surface area contributed by atoms with Crippen LogP contribution in [0.15, 0.2) is 29.6 Å². The first kappa shape index (κ1) is 17.9. The van der Waals surface area contributed by atoms with Crippen molar-refractivity contribution < 1.29 is 9.59 Å². The molecule has 0 bridgehead atoms. The zero-order valence-corrected chi connectivity index (χ0v) is 15.6. The smallest absolute Gasteiger partial charge is 0.225 e. The summed E-state index contributed by atoms with van der Waals surface area (Å²) >= 11 is 7.44. The molecule has 1 saturated heterocycles. The molecule has 1 fully saturated rings. The number of aromatic nitrogens is 1. The van der Waals surface area contributed by atoms with Crippen LogP contribution in [-0.2, 0) is 22.7 Å². The molecule has 0 saturated carbocycles. The Morgan fingerprint density at radius 1 is 1.40 bits per heavy atom. The van der Waals surface area contributed by atoms with Crippen molar-refractivity contribution in [3.8, 4) is 0 Å². The normalized spacial score (nSPS) is 17.6. The first-order valence-corrected chi connectivity index (χ1v) is 9.48. The van der Waals surface area contributed by atoms with E-state index in [4.69, 9.17) is 11.6 Å². The Morgan fingerprint density at radius 3 is 2.84 bits per heavy atom. The van der Waals surface area contributed by atoms with E-state index >= 15 is 0 Å². The third-order valence-electron chi connectivity index (χ3n) is 4.24. The van der Waals surface area contributed by atoms with Crippen molar-refractivity contribution in [2.24, 2.45) is 5.92 Å². The topological polar surface area (TPSA) is 62.3 Å². The first-order valence-electron chi connectivity index (χ1n) is 8.22. The van der Waals surface area contributed by atoms with Gasteiger partial charge in [-0.2, -0.15) is 0 Å². The van der Waals surface area contributed by atoms with Crippen LogP contribution in [0.2, 0.25) is 5.02 Å². The molecule has 1 aromatic carbocycles. The summed E-state index contributed by atoms with van der Waals surface area (Å²) in [4.78, 5) is 30.7. The van der Waals surface area contributed by atoms with Crippen LogP contribution in [0, 0.1) is 12.8 Å². The Labute approximate surface area is 156 Å². The quantitative estimate of drug-likeness (QED) is 0.870. The van der Waals surface area contributed by atoms with Crippen molar-refractivity contribution in [2.75, 3.05) is 6.54 Å². The van der Waals surface area contributed by atoms with Gasteiger partial charge in [0.25, 0.3) is 0 Å². The molecule has 2 heterocycles. The molecule has 3 rings (SSSR count). The van der Waals surface area contributed by atoms with Crippen molar-refractivity contribution in [3.63, 3.8) is 0 Å². The van der Waals surface area contributed by atoms with E-state index in [0.717, 1.165) is 16.3 Å². The zero-order chi connectivity index (χ0) is 17.8. The minimum atomic E-state index is -0.175. The van der Waals surface area contributed by atoms with E-state index in [1.165, 1.54) is 0 Å². The van der Waals surface area contributed by atoms with Crippen molar-refractivity contribution in [2.45, 2.75) is 32.9 Å². The maximum atomic E-state index is 12.4. The molecule has 132 valence electrons. The first-order chi connectivity index (χ1) is 12.0. The summed E-state index contributed by atoms with van der Waals surface area (Å²) in [7, 11) is 0. The second-order valence-electron chi connectivity index (χ2n) is 6.24. The SMILES string of the molecule is Cc1csc(CNC(=O)C2CCC(=O)N(Cc3ccc(Cl)cc3)C2)n1. The van der Waals surface area contributed by atoms with Crippen LogP contribution in [0.1, 0.15) is 29.1 Å².